The first-order chi connectivity index (χ1) is 16.5. The van der Waals surface area contributed by atoms with Crippen LogP contribution in [-0.2, 0) is 11.2 Å². The van der Waals surface area contributed by atoms with E-state index in [2.05, 4.69) is 31.5 Å². The predicted octanol–water partition coefficient (Wildman–Crippen LogP) is 5.82. The number of carbonyl (C=O) groups excluding carboxylic acids is 1. The Morgan fingerprint density at radius 2 is 1.94 bits per heavy atom. The molecule has 2 aromatic carbocycles. The van der Waals surface area contributed by atoms with Crippen LogP contribution in [0.4, 0.5) is 5.69 Å². The average molecular weight is 542 g/mol. The smallest absolute Gasteiger partial charge is 0.253 e. The van der Waals surface area contributed by atoms with Gasteiger partial charge in [0.15, 0.2) is 0 Å². The van der Waals surface area contributed by atoms with Crippen molar-refractivity contribution in [1.82, 2.24) is 10.3 Å². The molecule has 6 nitrogen and oxygen atoms in total. The van der Waals surface area contributed by atoms with E-state index in [1.807, 2.05) is 36.4 Å². The summed E-state index contributed by atoms with van der Waals surface area (Å²) in [5.74, 6) is -0.276. The molecule has 0 radical (unpaired) electrons. The summed E-state index contributed by atoms with van der Waals surface area (Å²) in [6.45, 7) is 0.791. The zero-order valence-corrected chi connectivity index (χ0v) is 21.0. The van der Waals surface area contributed by atoms with Gasteiger partial charge in [0, 0.05) is 39.7 Å². The van der Waals surface area contributed by atoms with Crippen molar-refractivity contribution in [2.75, 3.05) is 18.5 Å². The Labute approximate surface area is 212 Å². The minimum atomic E-state index is -0.276. The molecule has 1 aliphatic heterocycles. The second-order valence-electron chi connectivity index (χ2n) is 8.24. The maximum atomic E-state index is 12.8. The van der Waals surface area contributed by atoms with Gasteiger partial charge in [0.2, 0.25) is 0 Å². The fourth-order valence-corrected chi connectivity index (χ4v) is 4.27. The molecule has 2 heterocycles. The quantitative estimate of drug-likeness (QED) is 0.313. The molecule has 34 heavy (non-hydrogen) atoms. The van der Waals surface area contributed by atoms with Crippen LogP contribution in [-0.4, -0.2) is 36.0 Å². The van der Waals surface area contributed by atoms with Crippen molar-refractivity contribution in [3.8, 4) is 0 Å². The third-order valence-electron chi connectivity index (χ3n) is 5.61. The highest BCUT2D eigenvalue weighted by Crippen LogP contribution is 2.24. The minimum absolute atomic E-state index is 0.0658. The molecule has 0 spiro atoms. The fourth-order valence-electron chi connectivity index (χ4n) is 3.83. The minimum Gasteiger partial charge on any atom is -0.360 e. The van der Waals surface area contributed by atoms with Crippen LogP contribution in [0.2, 0.25) is 5.02 Å². The number of aromatic nitrogens is 1. The normalized spacial score (nSPS) is 15.5. The maximum absolute atomic E-state index is 12.8. The molecule has 3 N–H and O–H groups in total. The second-order valence-corrected chi connectivity index (χ2v) is 9.59. The van der Waals surface area contributed by atoms with Crippen LogP contribution in [0.15, 0.2) is 65.4 Å². The Morgan fingerprint density at radius 1 is 1.12 bits per heavy atom. The number of ether oxygens (including phenoxy) is 1. The van der Waals surface area contributed by atoms with Crippen molar-refractivity contribution in [3.05, 3.63) is 92.7 Å². The lowest BCUT2D eigenvalue weighted by Crippen LogP contribution is -2.31. The maximum Gasteiger partial charge on any atom is 0.253 e. The van der Waals surface area contributed by atoms with Gasteiger partial charge in [0.25, 0.3) is 5.91 Å². The van der Waals surface area contributed by atoms with Crippen LogP contribution >= 0.6 is 27.5 Å². The van der Waals surface area contributed by atoms with Crippen LogP contribution in [0.25, 0.3) is 0 Å². The molecule has 4 rings (SSSR count). The molecule has 176 valence electrons. The summed E-state index contributed by atoms with van der Waals surface area (Å²) in [7, 11) is 0. The second kappa shape index (κ2) is 11.6. The molecule has 1 amide bonds. The highest BCUT2D eigenvalue weighted by Gasteiger charge is 2.17. The lowest BCUT2D eigenvalue weighted by Gasteiger charge is -2.26. The Kier molecular flexibility index (Phi) is 8.32. The van der Waals surface area contributed by atoms with E-state index in [0.717, 1.165) is 47.2 Å². The van der Waals surface area contributed by atoms with Crippen LogP contribution in [0.5, 0.6) is 0 Å². The number of nitrogens with one attached hydrogen (secondary N) is 3. The molecule has 0 saturated carbocycles. The first-order valence-corrected chi connectivity index (χ1v) is 12.4. The van der Waals surface area contributed by atoms with E-state index in [-0.39, 0.29) is 24.4 Å². The zero-order chi connectivity index (χ0) is 23.9. The zero-order valence-electron chi connectivity index (χ0n) is 18.6. The molecule has 0 aliphatic carbocycles. The monoisotopic (exact) mass is 540 g/mol. The fraction of sp³-hybridized carbons (Fsp3) is 0.269. The number of benzene rings is 2. The summed E-state index contributed by atoms with van der Waals surface area (Å²) in [6, 6.07) is 15.3. The van der Waals surface area contributed by atoms with Crippen molar-refractivity contribution >= 4 is 44.8 Å². The summed E-state index contributed by atoms with van der Waals surface area (Å²) in [6.07, 6.45) is 6.97. The number of anilines is 1. The van der Waals surface area contributed by atoms with Gasteiger partial charge in [-0.1, -0.05) is 39.7 Å². The molecule has 1 atom stereocenters. The lowest BCUT2D eigenvalue weighted by molar-refractivity contribution is 0.0343. The lowest BCUT2D eigenvalue weighted by atomic mass is 10.0. The summed E-state index contributed by atoms with van der Waals surface area (Å²) in [5.41, 5.74) is 4.21. The molecule has 1 saturated heterocycles. The van der Waals surface area contributed by atoms with E-state index in [1.165, 1.54) is 6.20 Å². The summed E-state index contributed by atoms with van der Waals surface area (Å²) in [4.78, 5) is 17.0. The van der Waals surface area contributed by atoms with Crippen molar-refractivity contribution in [2.45, 2.75) is 31.9 Å². The van der Waals surface area contributed by atoms with Crippen LogP contribution < -0.4 is 10.6 Å². The van der Waals surface area contributed by atoms with Gasteiger partial charge in [0.05, 0.1) is 17.8 Å². The first-order valence-electron chi connectivity index (χ1n) is 11.2. The molecule has 1 fully saturated rings. The third kappa shape index (κ3) is 6.65. The van der Waals surface area contributed by atoms with E-state index < -0.39 is 0 Å². The van der Waals surface area contributed by atoms with E-state index in [1.54, 1.807) is 18.3 Å². The summed E-state index contributed by atoms with van der Waals surface area (Å²) < 4.78 is 6.79. The first kappa shape index (κ1) is 24.4. The molecular formula is C26H26BrClN4O2. The van der Waals surface area contributed by atoms with Gasteiger partial charge in [0.1, 0.15) is 6.23 Å². The number of carbonyl (C=O) groups is 1. The molecule has 1 aliphatic rings. The molecular weight excluding hydrogens is 516 g/mol. The van der Waals surface area contributed by atoms with Crippen molar-refractivity contribution in [3.63, 3.8) is 0 Å². The number of halogens is 2. The van der Waals surface area contributed by atoms with Gasteiger partial charge in [-0.15, -0.1) is 0 Å². The van der Waals surface area contributed by atoms with Crippen LogP contribution in [0.1, 0.15) is 46.3 Å². The van der Waals surface area contributed by atoms with Gasteiger partial charge in [-0.2, -0.15) is 0 Å². The van der Waals surface area contributed by atoms with Crippen molar-refractivity contribution < 1.29 is 9.53 Å². The predicted molar refractivity (Wildman–Crippen MR) is 139 cm³/mol. The SMILES string of the molecule is N=C(CNC(=O)c1cncc(Cc2ccc(Br)cc2)c1)c1cc(Cl)ccc1NC1CCCCO1. The Bertz CT molecular complexity index is 1160. The summed E-state index contributed by atoms with van der Waals surface area (Å²) in [5, 5.41) is 15.3. The molecule has 0 bridgehead atoms. The number of rotatable bonds is 8. The number of nitrogens with zero attached hydrogens (tertiary/aromatic N) is 1. The average Bonchev–Trinajstić information content (AvgIpc) is 2.85. The number of pyridine rings is 1. The van der Waals surface area contributed by atoms with E-state index in [4.69, 9.17) is 21.7 Å². The third-order valence-corrected chi connectivity index (χ3v) is 6.37. The van der Waals surface area contributed by atoms with Gasteiger partial charge in [-0.05, 0) is 73.2 Å². The Hall–Kier alpha value is -2.74. The number of hydrogen-bond acceptors (Lipinski definition) is 5. The van der Waals surface area contributed by atoms with Gasteiger partial charge < -0.3 is 20.8 Å². The number of hydrogen-bond donors (Lipinski definition) is 3. The highest BCUT2D eigenvalue weighted by atomic mass is 79.9. The Balaban J connectivity index is 1.39. The largest absolute Gasteiger partial charge is 0.360 e. The van der Waals surface area contributed by atoms with Crippen molar-refractivity contribution in [1.29, 1.82) is 5.41 Å². The molecule has 1 aromatic heterocycles. The van der Waals surface area contributed by atoms with E-state index in [0.29, 0.717) is 22.6 Å². The number of amides is 1. The topological polar surface area (TPSA) is 87.1 Å². The van der Waals surface area contributed by atoms with Gasteiger partial charge in [-0.3, -0.25) is 9.78 Å². The molecule has 8 heteroatoms. The van der Waals surface area contributed by atoms with Gasteiger partial charge in [-0.25, -0.2) is 0 Å². The molecule has 1 unspecified atom stereocenters. The summed E-state index contributed by atoms with van der Waals surface area (Å²) >= 11 is 9.64. The van der Waals surface area contributed by atoms with Crippen LogP contribution in [0, 0.1) is 5.41 Å². The van der Waals surface area contributed by atoms with Crippen LogP contribution in [0.3, 0.4) is 0 Å². The highest BCUT2D eigenvalue weighted by molar-refractivity contribution is 9.10. The standard InChI is InChI=1S/C26H26BrClN4O2/c27-20-6-4-17(5-7-20)11-18-12-19(15-30-14-18)26(33)31-16-23(29)22-13-21(28)8-9-24(22)32-25-3-1-2-10-34-25/h4-9,12-15,25,29,32H,1-3,10-11,16H2,(H,31,33). The van der Waals surface area contributed by atoms with Crippen molar-refractivity contribution in [2.24, 2.45) is 0 Å². The van der Waals surface area contributed by atoms with Gasteiger partial charge >= 0.3 is 0 Å². The molecule has 3 aromatic rings. The Morgan fingerprint density at radius 3 is 2.71 bits per heavy atom. The van der Waals surface area contributed by atoms with E-state index in [9.17, 15) is 4.79 Å². The van der Waals surface area contributed by atoms with E-state index >= 15 is 0 Å².